The molecule has 6 heteroatoms. The Hall–Kier alpha value is -2.40. The van der Waals surface area contributed by atoms with Crippen molar-refractivity contribution in [1.82, 2.24) is 9.88 Å². The fourth-order valence-electron chi connectivity index (χ4n) is 4.07. The summed E-state index contributed by atoms with van der Waals surface area (Å²) in [4.78, 5) is 33.0. The summed E-state index contributed by atoms with van der Waals surface area (Å²) in [5.41, 5.74) is 2.10. The van der Waals surface area contributed by atoms with Crippen LogP contribution in [0.15, 0.2) is 48.8 Å². The summed E-state index contributed by atoms with van der Waals surface area (Å²) >= 11 is 5.92. The number of likely N-dealkylation sites (tertiary alicyclic amines) is 1. The Labute approximate surface area is 163 Å². The van der Waals surface area contributed by atoms with Gasteiger partial charge in [0.2, 0.25) is 11.8 Å². The van der Waals surface area contributed by atoms with E-state index in [-0.39, 0.29) is 24.2 Å². The molecule has 27 heavy (non-hydrogen) atoms. The van der Waals surface area contributed by atoms with Gasteiger partial charge < -0.3 is 9.80 Å². The normalized spacial score (nSPS) is 20.9. The first kappa shape index (κ1) is 18.0. The number of aromatic nitrogens is 1. The highest BCUT2D eigenvalue weighted by atomic mass is 35.5. The molecule has 0 radical (unpaired) electrons. The molecular formula is C21H22ClN3O2. The van der Waals surface area contributed by atoms with E-state index >= 15 is 0 Å². The van der Waals surface area contributed by atoms with Gasteiger partial charge in [-0.1, -0.05) is 11.6 Å². The van der Waals surface area contributed by atoms with Gasteiger partial charge >= 0.3 is 0 Å². The van der Waals surface area contributed by atoms with Gasteiger partial charge in [0, 0.05) is 49.2 Å². The van der Waals surface area contributed by atoms with Crippen LogP contribution < -0.4 is 4.90 Å². The fourth-order valence-corrected chi connectivity index (χ4v) is 4.20. The molecule has 0 bridgehead atoms. The van der Waals surface area contributed by atoms with Crippen molar-refractivity contribution < 1.29 is 9.59 Å². The second kappa shape index (κ2) is 7.69. The number of halogens is 1. The highest BCUT2D eigenvalue weighted by molar-refractivity contribution is 6.30. The van der Waals surface area contributed by atoms with Crippen LogP contribution in [0.4, 0.5) is 5.69 Å². The van der Waals surface area contributed by atoms with Crippen molar-refractivity contribution >= 4 is 29.1 Å². The second-order valence-electron chi connectivity index (χ2n) is 7.26. The van der Waals surface area contributed by atoms with Crippen molar-refractivity contribution in [2.75, 3.05) is 24.5 Å². The minimum Gasteiger partial charge on any atom is -0.342 e. The van der Waals surface area contributed by atoms with Gasteiger partial charge in [0.05, 0.1) is 5.92 Å². The molecule has 1 aromatic heterocycles. The fraction of sp³-hybridized carbons (Fsp3) is 0.381. The molecule has 0 aliphatic carbocycles. The topological polar surface area (TPSA) is 53.5 Å². The lowest BCUT2D eigenvalue weighted by atomic mass is 9.89. The molecule has 2 aliphatic rings. The van der Waals surface area contributed by atoms with E-state index in [1.54, 1.807) is 17.0 Å². The number of nitrogens with zero attached hydrogens (tertiary/aromatic N) is 3. The molecule has 0 spiro atoms. The molecule has 2 fully saturated rings. The largest absolute Gasteiger partial charge is 0.342 e. The minimum atomic E-state index is -0.259. The molecule has 0 saturated carbocycles. The lowest BCUT2D eigenvalue weighted by Gasteiger charge is -2.33. The quantitative estimate of drug-likeness (QED) is 0.815. The molecule has 1 atom stereocenters. The third-order valence-corrected chi connectivity index (χ3v) is 5.85. The summed E-state index contributed by atoms with van der Waals surface area (Å²) in [5, 5.41) is 0.634. The third kappa shape index (κ3) is 3.83. The summed E-state index contributed by atoms with van der Waals surface area (Å²) < 4.78 is 0. The van der Waals surface area contributed by atoms with Crippen LogP contribution in [-0.2, 0) is 9.59 Å². The van der Waals surface area contributed by atoms with Crippen molar-refractivity contribution in [2.45, 2.75) is 25.2 Å². The molecule has 1 unspecified atom stereocenters. The highest BCUT2D eigenvalue weighted by Gasteiger charge is 2.38. The van der Waals surface area contributed by atoms with Gasteiger partial charge in [-0.15, -0.1) is 0 Å². The van der Waals surface area contributed by atoms with E-state index in [1.165, 1.54) is 5.56 Å². The van der Waals surface area contributed by atoms with Crippen molar-refractivity contribution in [3.8, 4) is 0 Å². The average Bonchev–Trinajstić information content (AvgIpc) is 3.10. The number of anilines is 1. The zero-order valence-corrected chi connectivity index (χ0v) is 15.8. The van der Waals surface area contributed by atoms with Crippen molar-refractivity contribution in [3.05, 3.63) is 59.4 Å². The number of amides is 2. The number of rotatable bonds is 3. The Balaban J connectivity index is 1.36. The smallest absolute Gasteiger partial charge is 0.228 e. The van der Waals surface area contributed by atoms with Gasteiger partial charge in [-0.05, 0) is 60.7 Å². The minimum absolute atomic E-state index is 0.00217. The maximum Gasteiger partial charge on any atom is 0.228 e. The lowest BCUT2D eigenvalue weighted by Crippen LogP contribution is -2.42. The van der Waals surface area contributed by atoms with Crippen LogP contribution >= 0.6 is 11.6 Å². The third-order valence-electron chi connectivity index (χ3n) is 5.60. The monoisotopic (exact) mass is 383 g/mol. The SMILES string of the molecule is O=C(C1CC(=O)N(c2ccc(Cl)cc2)C1)N1CCC(c2ccncc2)CC1. The van der Waals surface area contributed by atoms with Crippen LogP contribution in [0.2, 0.25) is 5.02 Å². The van der Waals surface area contributed by atoms with Gasteiger partial charge in [0.25, 0.3) is 0 Å². The summed E-state index contributed by atoms with van der Waals surface area (Å²) in [6, 6.07) is 11.3. The molecular weight excluding hydrogens is 362 g/mol. The van der Waals surface area contributed by atoms with E-state index in [2.05, 4.69) is 17.1 Å². The molecule has 140 valence electrons. The number of benzene rings is 1. The zero-order valence-electron chi connectivity index (χ0n) is 15.1. The predicted octanol–water partition coefficient (Wildman–Crippen LogP) is 3.49. The molecule has 2 saturated heterocycles. The van der Waals surface area contributed by atoms with Gasteiger partial charge in [-0.2, -0.15) is 0 Å². The van der Waals surface area contributed by atoms with E-state index in [0.29, 0.717) is 17.5 Å². The van der Waals surface area contributed by atoms with Crippen LogP contribution in [0.5, 0.6) is 0 Å². The Morgan fingerprint density at radius 3 is 2.37 bits per heavy atom. The first-order valence-corrected chi connectivity index (χ1v) is 9.74. The Morgan fingerprint density at radius 2 is 1.70 bits per heavy atom. The molecule has 2 amide bonds. The number of carbonyl (C=O) groups is 2. The Kier molecular flexibility index (Phi) is 5.12. The van der Waals surface area contributed by atoms with E-state index < -0.39 is 0 Å². The molecule has 2 aliphatic heterocycles. The van der Waals surface area contributed by atoms with Crippen LogP contribution in [0.3, 0.4) is 0 Å². The van der Waals surface area contributed by atoms with Crippen molar-refractivity contribution in [2.24, 2.45) is 5.92 Å². The second-order valence-corrected chi connectivity index (χ2v) is 7.70. The number of hydrogen-bond acceptors (Lipinski definition) is 3. The van der Waals surface area contributed by atoms with E-state index in [4.69, 9.17) is 11.6 Å². The van der Waals surface area contributed by atoms with Crippen LogP contribution in [-0.4, -0.2) is 41.3 Å². The average molecular weight is 384 g/mol. The summed E-state index contributed by atoms with van der Waals surface area (Å²) in [6.07, 6.45) is 5.84. The Bertz CT molecular complexity index is 817. The Morgan fingerprint density at radius 1 is 1.04 bits per heavy atom. The van der Waals surface area contributed by atoms with E-state index in [1.807, 2.05) is 29.4 Å². The first-order valence-electron chi connectivity index (χ1n) is 9.36. The molecule has 0 N–H and O–H groups in total. The van der Waals surface area contributed by atoms with E-state index in [9.17, 15) is 9.59 Å². The molecule has 4 rings (SSSR count). The van der Waals surface area contributed by atoms with Crippen LogP contribution in [0, 0.1) is 5.92 Å². The van der Waals surface area contributed by atoms with Gasteiger partial charge in [0.15, 0.2) is 0 Å². The van der Waals surface area contributed by atoms with Crippen LogP contribution in [0.25, 0.3) is 0 Å². The van der Waals surface area contributed by atoms with E-state index in [0.717, 1.165) is 31.6 Å². The highest BCUT2D eigenvalue weighted by Crippen LogP contribution is 2.31. The molecule has 5 nitrogen and oxygen atoms in total. The maximum atomic E-state index is 12.9. The summed E-state index contributed by atoms with van der Waals surface area (Å²) in [7, 11) is 0. The van der Waals surface area contributed by atoms with Crippen LogP contribution in [0.1, 0.15) is 30.7 Å². The number of piperidine rings is 1. The van der Waals surface area contributed by atoms with Crippen molar-refractivity contribution in [3.63, 3.8) is 0 Å². The van der Waals surface area contributed by atoms with Gasteiger partial charge in [0.1, 0.15) is 0 Å². The summed E-state index contributed by atoms with van der Waals surface area (Å²) in [6.45, 7) is 1.94. The molecule has 2 aromatic rings. The number of pyridine rings is 1. The zero-order chi connectivity index (χ0) is 18.8. The van der Waals surface area contributed by atoms with Crippen molar-refractivity contribution in [1.29, 1.82) is 0 Å². The lowest BCUT2D eigenvalue weighted by molar-refractivity contribution is -0.136. The van der Waals surface area contributed by atoms with Gasteiger partial charge in [-0.3, -0.25) is 14.6 Å². The first-order chi connectivity index (χ1) is 13.1. The predicted molar refractivity (Wildman–Crippen MR) is 105 cm³/mol. The molecule has 1 aromatic carbocycles. The summed E-state index contributed by atoms with van der Waals surface area (Å²) in [5.74, 6) is 0.328. The maximum absolute atomic E-state index is 12.9. The van der Waals surface area contributed by atoms with Gasteiger partial charge in [-0.25, -0.2) is 0 Å². The number of hydrogen-bond donors (Lipinski definition) is 0. The standard InChI is InChI=1S/C21H22ClN3O2/c22-18-1-3-19(4-2-18)25-14-17(13-20(25)26)21(27)24-11-7-16(8-12-24)15-5-9-23-10-6-15/h1-6,9-10,16-17H,7-8,11-14H2. The molecule has 3 heterocycles. The number of carbonyl (C=O) groups excluding carboxylic acids is 2.